The van der Waals surface area contributed by atoms with Crippen LogP contribution in [0.5, 0.6) is 0 Å². The third kappa shape index (κ3) is 3.25. The Hall–Kier alpha value is -0.120. The lowest BCUT2D eigenvalue weighted by Crippen LogP contribution is -2.30. The van der Waals surface area contributed by atoms with E-state index in [1.54, 1.807) is 0 Å². The van der Waals surface area contributed by atoms with Crippen LogP contribution in [0.1, 0.15) is 26.7 Å². The molecule has 78 valence electrons. The van der Waals surface area contributed by atoms with E-state index in [2.05, 4.69) is 5.32 Å². The van der Waals surface area contributed by atoms with Crippen LogP contribution in [0, 0.1) is 5.41 Å². The molecule has 3 heteroatoms. The van der Waals surface area contributed by atoms with Crippen molar-refractivity contribution >= 4 is 0 Å². The summed E-state index contributed by atoms with van der Waals surface area (Å²) in [5, 5.41) is 12.6. The summed E-state index contributed by atoms with van der Waals surface area (Å²) in [6.07, 6.45) is 2.34. The molecule has 1 rings (SSSR count). The quantitative estimate of drug-likeness (QED) is 0.668. The Labute approximate surface area is 80.5 Å². The van der Waals surface area contributed by atoms with Gasteiger partial charge >= 0.3 is 0 Å². The number of hydrogen-bond donors (Lipinski definition) is 2. The summed E-state index contributed by atoms with van der Waals surface area (Å²) in [6, 6.07) is 0. The summed E-state index contributed by atoms with van der Waals surface area (Å²) in [7, 11) is 0. The lowest BCUT2D eigenvalue weighted by molar-refractivity contribution is 0.0368. The second kappa shape index (κ2) is 4.94. The molecule has 1 aliphatic rings. The van der Waals surface area contributed by atoms with Crippen LogP contribution in [0.4, 0.5) is 0 Å². The second-order valence-corrected chi connectivity index (χ2v) is 4.25. The molecule has 0 amide bonds. The number of hydrogen-bond acceptors (Lipinski definition) is 3. The molecular formula is C10H21NO2. The van der Waals surface area contributed by atoms with Crippen molar-refractivity contribution in [1.29, 1.82) is 0 Å². The molecule has 0 saturated carbocycles. The molecular weight excluding hydrogens is 166 g/mol. The fourth-order valence-corrected chi connectivity index (χ4v) is 1.73. The minimum atomic E-state index is 0.0922. The first-order chi connectivity index (χ1) is 6.18. The molecule has 0 aliphatic carbocycles. The van der Waals surface area contributed by atoms with Crippen LogP contribution in [-0.2, 0) is 4.74 Å². The Kier molecular flexibility index (Phi) is 4.16. The minimum absolute atomic E-state index is 0.0922. The molecule has 0 spiro atoms. The highest BCUT2D eigenvalue weighted by Gasteiger charge is 2.32. The van der Waals surface area contributed by atoms with Crippen LogP contribution < -0.4 is 5.32 Å². The Morgan fingerprint density at radius 3 is 2.77 bits per heavy atom. The number of aliphatic hydroxyl groups is 1. The van der Waals surface area contributed by atoms with E-state index >= 15 is 0 Å². The third-order valence-electron chi connectivity index (χ3n) is 2.75. The minimum Gasteiger partial charge on any atom is -0.396 e. The number of rotatable bonds is 5. The standard InChI is InChI=1S/C10H21NO2/c1-9(2)13-6-4-10(8-12)3-5-11-7-10/h9,11-12H,3-8H2,1-2H3. The smallest absolute Gasteiger partial charge is 0.0518 e. The lowest BCUT2D eigenvalue weighted by Gasteiger charge is -2.25. The van der Waals surface area contributed by atoms with Crippen LogP contribution in [0.15, 0.2) is 0 Å². The first-order valence-corrected chi connectivity index (χ1v) is 5.12. The van der Waals surface area contributed by atoms with Crippen LogP contribution in [-0.4, -0.2) is 37.5 Å². The molecule has 2 N–H and O–H groups in total. The third-order valence-corrected chi connectivity index (χ3v) is 2.75. The van der Waals surface area contributed by atoms with Crippen molar-refractivity contribution in [3.8, 4) is 0 Å². The Bertz CT molecular complexity index is 142. The van der Waals surface area contributed by atoms with Gasteiger partial charge in [0.15, 0.2) is 0 Å². The zero-order valence-corrected chi connectivity index (χ0v) is 8.68. The van der Waals surface area contributed by atoms with E-state index in [0.29, 0.717) is 6.10 Å². The van der Waals surface area contributed by atoms with Gasteiger partial charge in [0, 0.05) is 18.6 Å². The number of ether oxygens (including phenoxy) is 1. The Balaban J connectivity index is 2.23. The van der Waals surface area contributed by atoms with E-state index < -0.39 is 0 Å². The predicted octanol–water partition coefficient (Wildman–Crippen LogP) is 0.773. The fraction of sp³-hybridized carbons (Fsp3) is 1.00. The SMILES string of the molecule is CC(C)OCCC1(CO)CCNC1. The average molecular weight is 187 g/mol. The predicted molar refractivity (Wildman–Crippen MR) is 52.7 cm³/mol. The molecule has 1 saturated heterocycles. The molecule has 1 unspecified atom stereocenters. The summed E-state index contributed by atoms with van der Waals surface area (Å²) in [5.41, 5.74) is 0.0922. The van der Waals surface area contributed by atoms with Gasteiger partial charge in [-0.25, -0.2) is 0 Å². The van der Waals surface area contributed by atoms with Crippen molar-refractivity contribution in [2.75, 3.05) is 26.3 Å². The van der Waals surface area contributed by atoms with Crippen LogP contribution in [0.3, 0.4) is 0 Å². The van der Waals surface area contributed by atoms with Crippen molar-refractivity contribution in [3.63, 3.8) is 0 Å². The van der Waals surface area contributed by atoms with Gasteiger partial charge in [-0.1, -0.05) is 0 Å². The largest absolute Gasteiger partial charge is 0.396 e. The zero-order valence-electron chi connectivity index (χ0n) is 8.68. The van der Waals surface area contributed by atoms with Gasteiger partial charge in [-0.3, -0.25) is 0 Å². The highest BCUT2D eigenvalue weighted by Crippen LogP contribution is 2.28. The maximum absolute atomic E-state index is 9.29. The zero-order chi connectivity index (χ0) is 9.73. The monoisotopic (exact) mass is 187 g/mol. The van der Waals surface area contributed by atoms with Crippen molar-refractivity contribution < 1.29 is 9.84 Å². The van der Waals surface area contributed by atoms with Gasteiger partial charge < -0.3 is 15.2 Å². The molecule has 0 bridgehead atoms. The van der Waals surface area contributed by atoms with E-state index in [4.69, 9.17) is 4.74 Å². The van der Waals surface area contributed by atoms with Crippen molar-refractivity contribution in [2.45, 2.75) is 32.8 Å². The van der Waals surface area contributed by atoms with Crippen LogP contribution in [0.25, 0.3) is 0 Å². The van der Waals surface area contributed by atoms with Gasteiger partial charge in [0.1, 0.15) is 0 Å². The Morgan fingerprint density at radius 2 is 2.31 bits per heavy atom. The van der Waals surface area contributed by atoms with E-state index in [9.17, 15) is 5.11 Å². The maximum Gasteiger partial charge on any atom is 0.0518 e. The second-order valence-electron chi connectivity index (χ2n) is 4.25. The summed E-state index contributed by atoms with van der Waals surface area (Å²) in [6.45, 7) is 7.09. The molecule has 1 atom stereocenters. The lowest BCUT2D eigenvalue weighted by atomic mass is 9.85. The van der Waals surface area contributed by atoms with Gasteiger partial charge in [0.05, 0.1) is 12.7 Å². The first kappa shape index (κ1) is 11.0. The van der Waals surface area contributed by atoms with Gasteiger partial charge in [0.25, 0.3) is 0 Å². The van der Waals surface area contributed by atoms with Crippen LogP contribution >= 0.6 is 0 Å². The first-order valence-electron chi connectivity index (χ1n) is 5.12. The molecule has 1 aliphatic heterocycles. The van der Waals surface area contributed by atoms with E-state index in [1.807, 2.05) is 13.8 Å². The highest BCUT2D eigenvalue weighted by atomic mass is 16.5. The van der Waals surface area contributed by atoms with Gasteiger partial charge in [-0.15, -0.1) is 0 Å². The van der Waals surface area contributed by atoms with E-state index in [0.717, 1.165) is 32.5 Å². The summed E-state index contributed by atoms with van der Waals surface area (Å²) in [5.74, 6) is 0. The summed E-state index contributed by atoms with van der Waals surface area (Å²) >= 11 is 0. The Morgan fingerprint density at radius 1 is 1.54 bits per heavy atom. The molecule has 0 radical (unpaired) electrons. The van der Waals surface area contributed by atoms with Gasteiger partial charge in [0.2, 0.25) is 0 Å². The highest BCUT2D eigenvalue weighted by molar-refractivity contribution is 4.87. The molecule has 3 nitrogen and oxygen atoms in total. The van der Waals surface area contributed by atoms with Crippen molar-refractivity contribution in [2.24, 2.45) is 5.41 Å². The van der Waals surface area contributed by atoms with Crippen LogP contribution in [0.2, 0.25) is 0 Å². The average Bonchev–Trinajstić information content (AvgIpc) is 2.53. The van der Waals surface area contributed by atoms with Crippen molar-refractivity contribution in [1.82, 2.24) is 5.32 Å². The van der Waals surface area contributed by atoms with Gasteiger partial charge in [-0.2, -0.15) is 0 Å². The summed E-state index contributed by atoms with van der Waals surface area (Å²) in [4.78, 5) is 0. The molecule has 0 aromatic rings. The molecule has 0 aromatic heterocycles. The number of aliphatic hydroxyl groups excluding tert-OH is 1. The topological polar surface area (TPSA) is 41.5 Å². The maximum atomic E-state index is 9.29. The molecule has 1 fully saturated rings. The molecule has 0 aromatic carbocycles. The normalized spacial score (nSPS) is 28.6. The van der Waals surface area contributed by atoms with E-state index in [-0.39, 0.29) is 12.0 Å². The fourth-order valence-electron chi connectivity index (χ4n) is 1.73. The molecule has 13 heavy (non-hydrogen) atoms. The summed E-state index contributed by atoms with van der Waals surface area (Å²) < 4.78 is 5.49. The van der Waals surface area contributed by atoms with E-state index in [1.165, 1.54) is 0 Å². The van der Waals surface area contributed by atoms with Gasteiger partial charge in [-0.05, 0) is 33.2 Å². The number of nitrogens with one attached hydrogen (secondary N) is 1. The van der Waals surface area contributed by atoms with Crippen molar-refractivity contribution in [3.05, 3.63) is 0 Å². The molecule has 1 heterocycles.